The number of rotatable bonds is 5. The van der Waals surface area contributed by atoms with Crippen LogP contribution in [0.4, 0.5) is 0 Å². The normalized spacial score (nSPS) is 16.7. The molecule has 1 fully saturated rings. The fraction of sp³-hybridized carbons (Fsp3) is 0.304. The van der Waals surface area contributed by atoms with E-state index < -0.39 is 0 Å². The van der Waals surface area contributed by atoms with E-state index in [4.69, 9.17) is 5.10 Å². The summed E-state index contributed by atoms with van der Waals surface area (Å²) in [4.78, 5) is 13.1. The molecule has 28 heavy (non-hydrogen) atoms. The molecule has 4 rings (SSSR count). The molecule has 2 N–H and O–H groups in total. The first-order valence-corrected chi connectivity index (χ1v) is 9.92. The molecule has 0 saturated carbocycles. The van der Waals surface area contributed by atoms with Gasteiger partial charge < -0.3 is 10.6 Å². The molecule has 0 bridgehead atoms. The van der Waals surface area contributed by atoms with Crippen LogP contribution in [-0.4, -0.2) is 35.3 Å². The molecule has 0 spiro atoms. The average Bonchev–Trinajstić information content (AvgIpc) is 3.19. The zero-order valence-electron chi connectivity index (χ0n) is 16.2. The smallest absolute Gasteiger partial charge is 0.255 e. The number of carbonyl (C=O) groups excluding carboxylic acids is 1. The number of amides is 1. The van der Waals surface area contributed by atoms with Crippen LogP contribution in [0.5, 0.6) is 0 Å². The number of nitrogens with zero attached hydrogens (tertiary/aromatic N) is 2. The molecule has 1 amide bonds. The average molecular weight is 374 g/mol. The largest absolute Gasteiger partial charge is 0.352 e. The van der Waals surface area contributed by atoms with E-state index in [1.54, 1.807) is 4.68 Å². The van der Waals surface area contributed by atoms with Gasteiger partial charge in [-0.3, -0.25) is 4.79 Å². The van der Waals surface area contributed by atoms with E-state index in [9.17, 15) is 4.79 Å². The van der Waals surface area contributed by atoms with Crippen LogP contribution in [0.2, 0.25) is 0 Å². The minimum absolute atomic E-state index is 0.0639. The zero-order valence-corrected chi connectivity index (χ0v) is 16.2. The Hall–Kier alpha value is -2.92. The van der Waals surface area contributed by atoms with E-state index in [0.29, 0.717) is 18.0 Å². The van der Waals surface area contributed by atoms with Gasteiger partial charge in [-0.1, -0.05) is 42.5 Å². The van der Waals surface area contributed by atoms with Crippen LogP contribution in [0.1, 0.15) is 28.8 Å². The minimum atomic E-state index is -0.0639. The Morgan fingerprint density at radius 1 is 1.18 bits per heavy atom. The number of benzene rings is 2. The molecule has 1 unspecified atom stereocenters. The number of carbonyl (C=O) groups is 1. The summed E-state index contributed by atoms with van der Waals surface area (Å²) in [6.07, 6.45) is 4.16. The van der Waals surface area contributed by atoms with E-state index in [-0.39, 0.29) is 5.91 Å². The number of aryl methyl sites for hydroxylation is 1. The van der Waals surface area contributed by atoms with Crippen molar-refractivity contribution in [1.82, 2.24) is 20.4 Å². The van der Waals surface area contributed by atoms with E-state index >= 15 is 0 Å². The highest BCUT2D eigenvalue weighted by Crippen LogP contribution is 2.26. The Morgan fingerprint density at radius 3 is 2.71 bits per heavy atom. The molecule has 1 saturated heterocycles. The van der Waals surface area contributed by atoms with E-state index in [1.807, 2.05) is 67.7 Å². The minimum Gasteiger partial charge on any atom is -0.352 e. The third-order valence-corrected chi connectivity index (χ3v) is 5.33. The van der Waals surface area contributed by atoms with Crippen LogP contribution >= 0.6 is 0 Å². The molecule has 0 radical (unpaired) electrons. The van der Waals surface area contributed by atoms with Crippen molar-refractivity contribution in [2.45, 2.75) is 19.8 Å². The summed E-state index contributed by atoms with van der Waals surface area (Å²) in [7, 11) is 0. The fourth-order valence-electron chi connectivity index (χ4n) is 3.72. The van der Waals surface area contributed by atoms with Crippen LogP contribution in [0.15, 0.2) is 60.8 Å². The van der Waals surface area contributed by atoms with E-state index in [2.05, 4.69) is 10.6 Å². The molecular formula is C23H26N4O. The lowest BCUT2D eigenvalue weighted by Crippen LogP contribution is -2.38. The second-order valence-electron chi connectivity index (χ2n) is 7.41. The summed E-state index contributed by atoms with van der Waals surface area (Å²) in [5.74, 6) is 0.426. The molecule has 144 valence electrons. The van der Waals surface area contributed by atoms with Crippen LogP contribution < -0.4 is 10.6 Å². The summed E-state index contributed by atoms with van der Waals surface area (Å²) in [6, 6.07) is 18.0. The van der Waals surface area contributed by atoms with Gasteiger partial charge in [-0.2, -0.15) is 5.10 Å². The topological polar surface area (TPSA) is 59.0 Å². The van der Waals surface area contributed by atoms with E-state index in [1.165, 1.54) is 6.42 Å². The van der Waals surface area contributed by atoms with Crippen molar-refractivity contribution >= 4 is 5.91 Å². The third-order valence-electron chi connectivity index (χ3n) is 5.33. The molecule has 5 nitrogen and oxygen atoms in total. The van der Waals surface area contributed by atoms with Crippen molar-refractivity contribution in [1.29, 1.82) is 0 Å². The first kappa shape index (κ1) is 18.4. The number of nitrogens with one attached hydrogen (secondary N) is 2. The standard InChI is InChI=1S/C23H26N4O/c1-17-8-5-6-12-20(17)22-21(16-27(26-22)19-10-3-2-4-11-19)23(28)25-15-18-9-7-13-24-14-18/h2-6,8,10-12,16,18,24H,7,9,13-15H2,1H3,(H,25,28). The maximum absolute atomic E-state index is 13.1. The SMILES string of the molecule is Cc1ccccc1-c1nn(-c2ccccc2)cc1C(=O)NCC1CCCNC1. The number of aromatic nitrogens is 2. The van der Waals surface area contributed by atoms with Gasteiger partial charge in [0, 0.05) is 18.3 Å². The van der Waals surface area contributed by atoms with Crippen LogP contribution in [-0.2, 0) is 0 Å². The highest BCUT2D eigenvalue weighted by Gasteiger charge is 2.21. The lowest BCUT2D eigenvalue weighted by Gasteiger charge is -2.22. The molecule has 2 aromatic carbocycles. The highest BCUT2D eigenvalue weighted by atomic mass is 16.1. The maximum Gasteiger partial charge on any atom is 0.255 e. The molecular weight excluding hydrogens is 348 g/mol. The molecule has 2 heterocycles. The van der Waals surface area contributed by atoms with Gasteiger partial charge in [0.05, 0.1) is 11.3 Å². The van der Waals surface area contributed by atoms with Gasteiger partial charge in [-0.05, 0) is 56.5 Å². The highest BCUT2D eigenvalue weighted by molar-refractivity contribution is 6.00. The maximum atomic E-state index is 13.1. The van der Waals surface area contributed by atoms with Crippen molar-refractivity contribution < 1.29 is 4.79 Å². The van der Waals surface area contributed by atoms with Crippen molar-refractivity contribution in [3.8, 4) is 16.9 Å². The van der Waals surface area contributed by atoms with Crippen LogP contribution in [0, 0.1) is 12.8 Å². The quantitative estimate of drug-likeness (QED) is 0.718. The van der Waals surface area contributed by atoms with Crippen LogP contribution in [0.3, 0.4) is 0 Å². The molecule has 5 heteroatoms. The molecule has 1 atom stereocenters. The Labute approximate surface area is 165 Å². The fourth-order valence-corrected chi connectivity index (χ4v) is 3.72. The lowest BCUT2D eigenvalue weighted by atomic mass is 9.99. The Bertz CT molecular complexity index is 942. The van der Waals surface area contributed by atoms with Crippen molar-refractivity contribution in [2.75, 3.05) is 19.6 Å². The van der Waals surface area contributed by atoms with Gasteiger partial charge in [0.2, 0.25) is 0 Å². The first-order chi connectivity index (χ1) is 13.7. The monoisotopic (exact) mass is 374 g/mol. The third kappa shape index (κ3) is 3.99. The van der Waals surface area contributed by atoms with Gasteiger partial charge in [0.25, 0.3) is 5.91 Å². The first-order valence-electron chi connectivity index (χ1n) is 9.92. The van der Waals surface area contributed by atoms with E-state index in [0.717, 1.165) is 42.0 Å². The summed E-state index contributed by atoms with van der Waals surface area (Å²) >= 11 is 0. The predicted molar refractivity (Wildman–Crippen MR) is 112 cm³/mol. The summed E-state index contributed by atoms with van der Waals surface area (Å²) in [5, 5.41) is 11.3. The van der Waals surface area contributed by atoms with Crippen LogP contribution in [0.25, 0.3) is 16.9 Å². The van der Waals surface area contributed by atoms with Crippen molar-refractivity contribution in [3.05, 3.63) is 71.9 Å². The summed E-state index contributed by atoms with van der Waals surface area (Å²) in [5.41, 5.74) is 4.36. The van der Waals surface area contributed by atoms with Gasteiger partial charge in [0.15, 0.2) is 0 Å². The van der Waals surface area contributed by atoms with Gasteiger partial charge in [-0.15, -0.1) is 0 Å². The molecule has 1 aliphatic rings. The second-order valence-corrected chi connectivity index (χ2v) is 7.41. The number of piperidine rings is 1. The summed E-state index contributed by atoms with van der Waals surface area (Å²) in [6.45, 7) is 4.78. The van der Waals surface area contributed by atoms with Gasteiger partial charge in [0.1, 0.15) is 5.69 Å². The second kappa shape index (κ2) is 8.40. The Kier molecular flexibility index (Phi) is 5.53. The van der Waals surface area contributed by atoms with Gasteiger partial charge in [-0.25, -0.2) is 4.68 Å². The molecule has 0 aliphatic carbocycles. The summed E-state index contributed by atoms with van der Waals surface area (Å²) < 4.78 is 1.79. The molecule has 3 aromatic rings. The van der Waals surface area contributed by atoms with Crippen molar-refractivity contribution in [2.24, 2.45) is 5.92 Å². The molecule has 1 aliphatic heterocycles. The molecule has 1 aromatic heterocycles. The lowest BCUT2D eigenvalue weighted by molar-refractivity contribution is 0.0945. The zero-order chi connectivity index (χ0) is 19.3. The number of hydrogen-bond acceptors (Lipinski definition) is 3. The number of hydrogen-bond donors (Lipinski definition) is 2. The number of para-hydroxylation sites is 1. The predicted octanol–water partition coefficient (Wildman–Crippen LogP) is 3.58. The van der Waals surface area contributed by atoms with Crippen molar-refractivity contribution in [3.63, 3.8) is 0 Å². The Balaban J connectivity index is 1.65. The van der Waals surface area contributed by atoms with Gasteiger partial charge >= 0.3 is 0 Å². The Morgan fingerprint density at radius 2 is 1.96 bits per heavy atom.